The van der Waals surface area contributed by atoms with Crippen LogP contribution in [0.25, 0.3) is 11.1 Å². The number of rotatable bonds is 12. The number of carbonyl (C=O) groups is 2. The number of carboxylic acid groups (broad SMARTS) is 1. The third-order valence-corrected chi connectivity index (χ3v) is 5.48. The van der Waals surface area contributed by atoms with Crippen LogP contribution in [0.5, 0.6) is 0 Å². The molecule has 1 atom stereocenters. The quantitative estimate of drug-likeness (QED) is 0.381. The molecule has 2 N–H and O–H groups in total. The van der Waals surface area contributed by atoms with Crippen molar-refractivity contribution >= 4 is 11.9 Å². The molecule has 0 spiro atoms. The van der Waals surface area contributed by atoms with E-state index in [0.717, 1.165) is 23.1 Å². The lowest BCUT2D eigenvalue weighted by Crippen LogP contribution is -2.42. The van der Waals surface area contributed by atoms with Gasteiger partial charge in [0.25, 0.3) is 0 Å². The maximum atomic E-state index is 12.9. The summed E-state index contributed by atoms with van der Waals surface area (Å²) in [6.07, 6.45) is 3.40. The Morgan fingerprint density at radius 2 is 1.68 bits per heavy atom. The van der Waals surface area contributed by atoms with Gasteiger partial charge in [0.15, 0.2) is 0 Å². The Labute approximate surface area is 185 Å². The average Bonchev–Trinajstić information content (AvgIpc) is 2.77. The number of nitrogens with zero attached hydrogens (tertiary/aromatic N) is 1. The highest BCUT2D eigenvalue weighted by Crippen LogP contribution is 2.23. The van der Waals surface area contributed by atoms with Crippen LogP contribution in [0.15, 0.2) is 67.3 Å². The average molecular weight is 424 g/mol. The highest BCUT2D eigenvalue weighted by Gasteiger charge is 2.29. The molecule has 0 aliphatic heterocycles. The van der Waals surface area contributed by atoms with E-state index in [-0.39, 0.29) is 17.7 Å². The van der Waals surface area contributed by atoms with Gasteiger partial charge in [-0.25, -0.2) is 0 Å². The van der Waals surface area contributed by atoms with E-state index in [2.05, 4.69) is 43.0 Å². The first-order valence-electron chi connectivity index (χ1n) is 10.6. The minimum atomic E-state index is -1.01. The fourth-order valence-corrected chi connectivity index (χ4v) is 3.58. The Hall–Kier alpha value is -2.92. The van der Waals surface area contributed by atoms with Crippen molar-refractivity contribution in [2.45, 2.75) is 39.5 Å². The van der Waals surface area contributed by atoms with Gasteiger partial charge in [-0.2, -0.15) is 0 Å². The van der Waals surface area contributed by atoms with Crippen molar-refractivity contribution in [3.63, 3.8) is 0 Å². The molecule has 0 aliphatic rings. The normalized spacial score (nSPS) is 12.2. The van der Waals surface area contributed by atoms with Crippen LogP contribution in [0.2, 0.25) is 0 Å². The van der Waals surface area contributed by atoms with Gasteiger partial charge < -0.3 is 15.1 Å². The Morgan fingerprint density at radius 1 is 1.06 bits per heavy atom. The lowest BCUT2D eigenvalue weighted by Gasteiger charge is -2.31. The van der Waals surface area contributed by atoms with Gasteiger partial charge in [0, 0.05) is 12.5 Å². The fraction of sp³-hybridized carbons (Fsp3) is 0.385. The molecule has 5 heteroatoms. The van der Waals surface area contributed by atoms with Crippen molar-refractivity contribution in [3.8, 4) is 11.1 Å². The molecule has 0 saturated heterocycles. The highest BCUT2D eigenvalue weighted by atomic mass is 16.4. The smallest absolute Gasteiger partial charge is 0.304 e. The SMILES string of the molecule is C=CC(C)(C)CN(CO)C(=O)C(CCCc1ccc(-c2ccccc2)cc1)CC(=O)O. The highest BCUT2D eigenvalue weighted by molar-refractivity contribution is 5.83. The number of carboxylic acids is 1. The van der Waals surface area contributed by atoms with Gasteiger partial charge in [-0.1, -0.05) is 74.5 Å². The van der Waals surface area contributed by atoms with E-state index in [4.69, 9.17) is 0 Å². The molecule has 5 nitrogen and oxygen atoms in total. The lowest BCUT2D eigenvalue weighted by molar-refractivity contribution is -0.147. The number of benzene rings is 2. The van der Waals surface area contributed by atoms with Gasteiger partial charge in [0.05, 0.1) is 6.42 Å². The molecule has 166 valence electrons. The van der Waals surface area contributed by atoms with Gasteiger partial charge in [-0.3, -0.25) is 9.59 Å². The van der Waals surface area contributed by atoms with Gasteiger partial charge >= 0.3 is 5.97 Å². The molecule has 31 heavy (non-hydrogen) atoms. The molecule has 0 bridgehead atoms. The zero-order valence-electron chi connectivity index (χ0n) is 18.5. The van der Waals surface area contributed by atoms with Crippen LogP contribution in [-0.2, 0) is 16.0 Å². The predicted octanol–water partition coefficient (Wildman–Crippen LogP) is 4.76. The molecular weight excluding hydrogens is 390 g/mol. The standard InChI is InChI=1S/C26H33NO4/c1-4-26(2,3)18-27(19-28)25(31)23(17-24(29)30)12-8-9-20-13-15-22(16-14-20)21-10-6-5-7-11-21/h4-7,10-11,13-16,23,28H,1,8-9,12,17-19H2,2-3H3,(H,29,30). The zero-order chi connectivity index (χ0) is 22.9. The van der Waals surface area contributed by atoms with Crippen LogP contribution >= 0.6 is 0 Å². The minimum Gasteiger partial charge on any atom is -0.481 e. The molecule has 0 fully saturated rings. The zero-order valence-corrected chi connectivity index (χ0v) is 18.5. The van der Waals surface area contributed by atoms with E-state index in [0.29, 0.717) is 19.4 Å². The molecule has 1 amide bonds. The number of aliphatic carboxylic acids is 1. The van der Waals surface area contributed by atoms with Gasteiger partial charge in [0.2, 0.25) is 5.91 Å². The number of amides is 1. The molecule has 2 aromatic rings. The van der Waals surface area contributed by atoms with Crippen LogP contribution in [-0.4, -0.2) is 40.3 Å². The van der Waals surface area contributed by atoms with Crippen LogP contribution < -0.4 is 0 Å². The van der Waals surface area contributed by atoms with Gasteiger partial charge in [0.1, 0.15) is 6.73 Å². The molecule has 0 saturated carbocycles. The Bertz CT molecular complexity index is 859. The molecule has 0 radical (unpaired) electrons. The number of hydrogen-bond donors (Lipinski definition) is 2. The molecule has 1 unspecified atom stereocenters. The third-order valence-electron chi connectivity index (χ3n) is 5.48. The first kappa shape index (κ1) is 24.4. The molecular formula is C26H33NO4. The summed E-state index contributed by atoms with van der Waals surface area (Å²) in [5.74, 6) is -1.99. The summed E-state index contributed by atoms with van der Waals surface area (Å²) in [6, 6.07) is 18.4. The van der Waals surface area contributed by atoms with Crippen molar-refractivity contribution in [1.82, 2.24) is 4.90 Å². The second-order valence-electron chi connectivity index (χ2n) is 8.62. The first-order valence-corrected chi connectivity index (χ1v) is 10.6. The van der Waals surface area contributed by atoms with Crippen LogP contribution in [0.3, 0.4) is 0 Å². The molecule has 0 aliphatic carbocycles. The second kappa shape index (κ2) is 11.5. The van der Waals surface area contributed by atoms with E-state index in [1.54, 1.807) is 6.08 Å². The summed E-state index contributed by atoms with van der Waals surface area (Å²) in [4.78, 5) is 25.6. The van der Waals surface area contributed by atoms with E-state index < -0.39 is 18.6 Å². The minimum absolute atomic E-state index is 0.239. The Kier molecular flexibility index (Phi) is 9.01. The summed E-state index contributed by atoms with van der Waals surface area (Å²) in [6.45, 7) is 7.46. The lowest BCUT2D eigenvalue weighted by atomic mass is 9.91. The summed E-state index contributed by atoms with van der Waals surface area (Å²) in [7, 11) is 0. The first-order chi connectivity index (χ1) is 14.8. The maximum absolute atomic E-state index is 12.9. The van der Waals surface area contributed by atoms with Crippen molar-refractivity contribution < 1.29 is 19.8 Å². The van der Waals surface area contributed by atoms with E-state index in [9.17, 15) is 19.8 Å². The van der Waals surface area contributed by atoms with Gasteiger partial charge in [-0.15, -0.1) is 6.58 Å². The fourth-order valence-electron chi connectivity index (χ4n) is 3.58. The maximum Gasteiger partial charge on any atom is 0.304 e. The summed E-state index contributed by atoms with van der Waals surface area (Å²) < 4.78 is 0. The predicted molar refractivity (Wildman–Crippen MR) is 123 cm³/mol. The number of aliphatic hydroxyl groups excluding tert-OH is 1. The van der Waals surface area contributed by atoms with E-state index in [1.165, 1.54) is 4.90 Å². The summed E-state index contributed by atoms with van der Waals surface area (Å²) in [5, 5.41) is 19.0. The molecule has 0 aromatic heterocycles. The monoisotopic (exact) mass is 423 g/mol. The van der Waals surface area contributed by atoms with Crippen molar-refractivity contribution in [2.24, 2.45) is 11.3 Å². The third kappa shape index (κ3) is 7.68. The second-order valence-corrected chi connectivity index (χ2v) is 8.62. The van der Waals surface area contributed by atoms with Crippen molar-refractivity contribution in [2.75, 3.05) is 13.3 Å². The van der Waals surface area contributed by atoms with Gasteiger partial charge in [-0.05, 0) is 41.4 Å². The number of aryl methyl sites for hydroxylation is 1. The van der Waals surface area contributed by atoms with Crippen molar-refractivity contribution in [1.29, 1.82) is 0 Å². The summed E-state index contributed by atoms with van der Waals surface area (Å²) in [5.41, 5.74) is 3.08. The molecule has 2 aromatic carbocycles. The number of aliphatic hydroxyl groups is 1. The summed E-state index contributed by atoms with van der Waals surface area (Å²) >= 11 is 0. The van der Waals surface area contributed by atoms with Crippen LogP contribution in [0, 0.1) is 11.3 Å². The topological polar surface area (TPSA) is 77.8 Å². The van der Waals surface area contributed by atoms with Crippen LogP contribution in [0.1, 0.15) is 38.7 Å². The molecule has 2 rings (SSSR count). The van der Waals surface area contributed by atoms with E-state index in [1.807, 2.05) is 32.0 Å². The van der Waals surface area contributed by atoms with E-state index >= 15 is 0 Å². The molecule has 0 heterocycles. The number of hydrogen-bond acceptors (Lipinski definition) is 3. The Balaban J connectivity index is 1.98. The Morgan fingerprint density at radius 3 is 2.23 bits per heavy atom. The van der Waals surface area contributed by atoms with Crippen molar-refractivity contribution in [3.05, 3.63) is 72.8 Å². The largest absolute Gasteiger partial charge is 0.481 e. The van der Waals surface area contributed by atoms with Crippen LogP contribution in [0.4, 0.5) is 0 Å². The number of carbonyl (C=O) groups excluding carboxylic acids is 1.